The van der Waals surface area contributed by atoms with Gasteiger partial charge in [-0.3, -0.25) is 14.4 Å². The van der Waals surface area contributed by atoms with Gasteiger partial charge in [-0.25, -0.2) is 0 Å². The first-order chi connectivity index (χ1) is 12.5. The lowest BCUT2D eigenvalue weighted by Gasteiger charge is -2.33. The average molecular weight is 360 g/mol. The van der Waals surface area contributed by atoms with Gasteiger partial charge in [0.1, 0.15) is 0 Å². The first-order valence-corrected chi connectivity index (χ1v) is 8.99. The normalized spacial score (nSPS) is 23.3. The Morgan fingerprint density at radius 3 is 2.62 bits per heavy atom. The zero-order valence-electron chi connectivity index (χ0n) is 14.9. The second kappa shape index (κ2) is 7.86. The summed E-state index contributed by atoms with van der Waals surface area (Å²) >= 11 is 0. The molecule has 0 spiro atoms. The summed E-state index contributed by atoms with van der Waals surface area (Å²) in [6, 6.07) is 7.83. The van der Waals surface area contributed by atoms with E-state index in [2.05, 4.69) is 6.92 Å². The molecular formula is C19H24N2O5. The van der Waals surface area contributed by atoms with Crippen molar-refractivity contribution < 1.29 is 24.2 Å². The van der Waals surface area contributed by atoms with Crippen LogP contribution in [0.1, 0.15) is 25.3 Å². The molecule has 140 valence electrons. The molecule has 0 aromatic heterocycles. The number of nitrogens with zero attached hydrogens (tertiary/aromatic N) is 2. The topological polar surface area (TPSA) is 87.2 Å². The molecule has 1 N–H and O–H groups in total. The van der Waals surface area contributed by atoms with Crippen molar-refractivity contribution in [2.75, 3.05) is 31.1 Å². The van der Waals surface area contributed by atoms with Crippen LogP contribution in [0.5, 0.6) is 0 Å². The molecular weight excluding hydrogens is 336 g/mol. The summed E-state index contributed by atoms with van der Waals surface area (Å²) in [5, 5.41) is 8.90. The van der Waals surface area contributed by atoms with E-state index in [1.807, 2.05) is 24.3 Å². The van der Waals surface area contributed by atoms with Crippen LogP contribution in [-0.2, 0) is 25.5 Å². The molecule has 7 heteroatoms. The van der Waals surface area contributed by atoms with Crippen LogP contribution in [0.15, 0.2) is 24.3 Å². The van der Waals surface area contributed by atoms with Crippen LogP contribution in [0, 0.1) is 5.92 Å². The summed E-state index contributed by atoms with van der Waals surface area (Å²) < 4.78 is 5.41. The number of carbonyl (C=O) groups excluding carboxylic acids is 2. The third-order valence-corrected chi connectivity index (χ3v) is 4.98. The lowest BCUT2D eigenvalue weighted by atomic mass is 10.1. The van der Waals surface area contributed by atoms with E-state index in [1.54, 1.807) is 9.80 Å². The second-order valence-corrected chi connectivity index (χ2v) is 6.80. The summed E-state index contributed by atoms with van der Waals surface area (Å²) in [7, 11) is 0. The Morgan fingerprint density at radius 2 is 1.96 bits per heavy atom. The highest BCUT2D eigenvalue weighted by molar-refractivity contribution is 6.00. The minimum Gasteiger partial charge on any atom is -0.481 e. The van der Waals surface area contributed by atoms with Gasteiger partial charge in [-0.05, 0) is 24.1 Å². The predicted molar refractivity (Wildman–Crippen MR) is 94.9 cm³/mol. The van der Waals surface area contributed by atoms with Crippen LogP contribution in [0.3, 0.4) is 0 Å². The van der Waals surface area contributed by atoms with Crippen LogP contribution >= 0.6 is 0 Å². The van der Waals surface area contributed by atoms with Gasteiger partial charge in [-0.1, -0.05) is 19.1 Å². The highest BCUT2D eigenvalue weighted by atomic mass is 16.5. The van der Waals surface area contributed by atoms with E-state index in [4.69, 9.17) is 9.84 Å². The largest absolute Gasteiger partial charge is 0.481 e. The number of aliphatic carboxylic acids is 1. The zero-order valence-corrected chi connectivity index (χ0v) is 14.9. The highest BCUT2D eigenvalue weighted by Crippen LogP contribution is 2.27. The number of hydrogen-bond acceptors (Lipinski definition) is 4. The minimum absolute atomic E-state index is 0.0528. The summed E-state index contributed by atoms with van der Waals surface area (Å²) in [4.78, 5) is 39.3. The Balaban J connectivity index is 1.63. The van der Waals surface area contributed by atoms with Gasteiger partial charge in [-0.2, -0.15) is 0 Å². The standard InChI is InChI=1S/C19H24N2O5/c1-2-13-3-5-15(6-4-13)21-11-14(9-17(21)22)19(25)20-7-8-26-16(12-20)10-18(23)24/h3-6,14,16H,2,7-12H2,1H3,(H,23,24). The van der Waals surface area contributed by atoms with E-state index >= 15 is 0 Å². The van der Waals surface area contributed by atoms with Gasteiger partial charge < -0.3 is 19.6 Å². The molecule has 0 aliphatic carbocycles. The fourth-order valence-electron chi connectivity index (χ4n) is 3.53. The number of morpholine rings is 1. The fraction of sp³-hybridized carbons (Fsp3) is 0.526. The lowest BCUT2D eigenvalue weighted by molar-refractivity contribution is -0.149. The van der Waals surface area contributed by atoms with Gasteiger partial charge in [0, 0.05) is 31.7 Å². The number of hydrogen-bond donors (Lipinski definition) is 1. The van der Waals surface area contributed by atoms with Gasteiger partial charge in [-0.15, -0.1) is 0 Å². The average Bonchev–Trinajstić information content (AvgIpc) is 3.02. The third-order valence-electron chi connectivity index (χ3n) is 4.98. The third kappa shape index (κ3) is 4.04. The lowest BCUT2D eigenvalue weighted by Crippen LogP contribution is -2.48. The van der Waals surface area contributed by atoms with Crippen molar-refractivity contribution in [2.45, 2.75) is 32.3 Å². The molecule has 0 saturated carbocycles. The summed E-state index contributed by atoms with van der Waals surface area (Å²) in [6.07, 6.45) is 0.516. The molecule has 0 bridgehead atoms. The first kappa shape index (κ1) is 18.4. The number of amides is 2. The molecule has 2 atom stereocenters. The summed E-state index contributed by atoms with van der Waals surface area (Å²) in [5.74, 6) is -1.48. The second-order valence-electron chi connectivity index (χ2n) is 6.80. The van der Waals surface area contributed by atoms with E-state index in [9.17, 15) is 14.4 Å². The van der Waals surface area contributed by atoms with Gasteiger partial charge in [0.05, 0.1) is 25.0 Å². The minimum atomic E-state index is -0.943. The molecule has 0 radical (unpaired) electrons. The van der Waals surface area contributed by atoms with Crippen LogP contribution < -0.4 is 4.90 Å². The molecule has 2 heterocycles. The molecule has 2 aliphatic heterocycles. The molecule has 1 aromatic carbocycles. The van der Waals surface area contributed by atoms with Gasteiger partial charge in [0.25, 0.3) is 0 Å². The van der Waals surface area contributed by atoms with E-state index in [0.717, 1.165) is 12.1 Å². The number of anilines is 1. The van der Waals surface area contributed by atoms with Crippen molar-refractivity contribution in [1.82, 2.24) is 4.90 Å². The Morgan fingerprint density at radius 1 is 1.23 bits per heavy atom. The molecule has 26 heavy (non-hydrogen) atoms. The van der Waals surface area contributed by atoms with E-state index < -0.39 is 18.0 Å². The maximum absolute atomic E-state index is 12.8. The molecule has 2 fully saturated rings. The number of carboxylic acids is 1. The quantitative estimate of drug-likeness (QED) is 0.855. The predicted octanol–water partition coefficient (Wildman–Crippen LogP) is 1.30. The molecule has 2 amide bonds. The molecule has 2 aliphatic rings. The number of carbonyl (C=O) groups is 3. The fourth-order valence-corrected chi connectivity index (χ4v) is 3.53. The maximum atomic E-state index is 12.8. The van der Waals surface area contributed by atoms with Crippen molar-refractivity contribution >= 4 is 23.5 Å². The van der Waals surface area contributed by atoms with Gasteiger partial charge in [0.2, 0.25) is 11.8 Å². The van der Waals surface area contributed by atoms with E-state index in [1.165, 1.54) is 5.56 Å². The maximum Gasteiger partial charge on any atom is 0.306 e. The Labute approximate surface area is 152 Å². The molecule has 2 saturated heterocycles. The SMILES string of the molecule is CCc1ccc(N2CC(C(=O)N3CCOC(CC(=O)O)C3)CC2=O)cc1. The van der Waals surface area contributed by atoms with E-state index in [0.29, 0.717) is 19.7 Å². The zero-order chi connectivity index (χ0) is 18.7. The van der Waals surface area contributed by atoms with E-state index in [-0.39, 0.29) is 31.2 Å². The van der Waals surface area contributed by atoms with Gasteiger partial charge in [0.15, 0.2) is 0 Å². The monoisotopic (exact) mass is 360 g/mol. The number of ether oxygens (including phenoxy) is 1. The van der Waals surface area contributed by atoms with Crippen molar-refractivity contribution in [2.24, 2.45) is 5.92 Å². The summed E-state index contributed by atoms with van der Waals surface area (Å²) in [5.41, 5.74) is 2.01. The van der Waals surface area contributed by atoms with Crippen LogP contribution in [0.4, 0.5) is 5.69 Å². The Kier molecular flexibility index (Phi) is 5.56. The van der Waals surface area contributed by atoms with Gasteiger partial charge >= 0.3 is 5.97 Å². The molecule has 1 aromatic rings. The number of benzene rings is 1. The van der Waals surface area contributed by atoms with Crippen molar-refractivity contribution in [3.63, 3.8) is 0 Å². The number of aryl methyl sites for hydroxylation is 1. The highest BCUT2D eigenvalue weighted by Gasteiger charge is 2.38. The van der Waals surface area contributed by atoms with Crippen molar-refractivity contribution in [3.8, 4) is 0 Å². The summed E-state index contributed by atoms with van der Waals surface area (Å²) in [6.45, 7) is 3.47. The van der Waals surface area contributed by atoms with Crippen LogP contribution in [-0.4, -0.2) is 60.1 Å². The Bertz CT molecular complexity index is 688. The number of carboxylic acid groups (broad SMARTS) is 1. The van der Waals surface area contributed by atoms with Crippen molar-refractivity contribution in [3.05, 3.63) is 29.8 Å². The molecule has 3 rings (SSSR count). The number of rotatable bonds is 5. The van der Waals surface area contributed by atoms with Crippen molar-refractivity contribution in [1.29, 1.82) is 0 Å². The van der Waals surface area contributed by atoms with Crippen LogP contribution in [0.25, 0.3) is 0 Å². The smallest absolute Gasteiger partial charge is 0.306 e. The van der Waals surface area contributed by atoms with Crippen LogP contribution in [0.2, 0.25) is 0 Å². The molecule has 2 unspecified atom stereocenters. The molecule has 7 nitrogen and oxygen atoms in total. The Hall–Kier alpha value is -2.41. The first-order valence-electron chi connectivity index (χ1n) is 8.99.